The van der Waals surface area contributed by atoms with Crippen LogP contribution in [-0.2, 0) is 11.2 Å². The SMILES string of the molecule is O=C1CC2CCc3ccccc3C2=NN1c1ccc(Cl)cc1. The van der Waals surface area contributed by atoms with Crippen molar-refractivity contribution in [3.05, 3.63) is 64.7 Å². The van der Waals surface area contributed by atoms with E-state index in [1.54, 1.807) is 12.1 Å². The first-order valence-electron chi connectivity index (χ1n) is 7.47. The summed E-state index contributed by atoms with van der Waals surface area (Å²) in [5, 5.41) is 6.86. The van der Waals surface area contributed by atoms with Crippen molar-refractivity contribution in [1.29, 1.82) is 0 Å². The number of hydrogen-bond acceptors (Lipinski definition) is 2. The molecule has 1 unspecified atom stereocenters. The lowest BCUT2D eigenvalue weighted by molar-refractivity contribution is -0.119. The molecule has 1 aliphatic heterocycles. The number of hydrazone groups is 1. The second-order valence-corrected chi connectivity index (χ2v) is 6.20. The molecule has 0 N–H and O–H groups in total. The van der Waals surface area contributed by atoms with Gasteiger partial charge in [-0.25, -0.2) is 5.01 Å². The minimum atomic E-state index is 0.0513. The molecular formula is C18H15ClN2O. The summed E-state index contributed by atoms with van der Waals surface area (Å²) in [5.74, 6) is 0.293. The Hall–Kier alpha value is -2.13. The van der Waals surface area contributed by atoms with Crippen molar-refractivity contribution in [3.8, 4) is 0 Å². The van der Waals surface area contributed by atoms with E-state index >= 15 is 0 Å². The lowest BCUT2D eigenvalue weighted by atomic mass is 9.79. The van der Waals surface area contributed by atoms with Gasteiger partial charge in [-0.3, -0.25) is 4.79 Å². The van der Waals surface area contributed by atoms with Crippen LogP contribution < -0.4 is 5.01 Å². The highest BCUT2D eigenvalue weighted by Crippen LogP contribution is 2.33. The van der Waals surface area contributed by atoms with Crippen LogP contribution in [0.2, 0.25) is 5.02 Å². The van der Waals surface area contributed by atoms with Gasteiger partial charge in [-0.05, 0) is 42.7 Å². The highest BCUT2D eigenvalue weighted by Gasteiger charge is 2.34. The van der Waals surface area contributed by atoms with Crippen LogP contribution in [0.1, 0.15) is 24.0 Å². The molecule has 0 aromatic heterocycles. The molecule has 2 aromatic carbocycles. The number of aryl methyl sites for hydroxylation is 1. The summed E-state index contributed by atoms with van der Waals surface area (Å²) >= 11 is 5.93. The van der Waals surface area contributed by atoms with Crippen LogP contribution in [0.5, 0.6) is 0 Å². The van der Waals surface area contributed by atoms with Gasteiger partial charge in [0.1, 0.15) is 0 Å². The average molecular weight is 311 g/mol. The lowest BCUT2D eigenvalue weighted by Gasteiger charge is -2.33. The van der Waals surface area contributed by atoms with Crippen LogP contribution in [0.3, 0.4) is 0 Å². The number of hydrogen-bond donors (Lipinski definition) is 0. The summed E-state index contributed by atoms with van der Waals surface area (Å²) in [6, 6.07) is 15.6. The van der Waals surface area contributed by atoms with E-state index in [-0.39, 0.29) is 11.8 Å². The molecule has 4 heteroatoms. The first-order valence-corrected chi connectivity index (χ1v) is 7.85. The third-order valence-electron chi connectivity index (χ3n) is 4.38. The second kappa shape index (κ2) is 5.25. The minimum Gasteiger partial charge on any atom is -0.273 e. The van der Waals surface area contributed by atoms with Crippen LogP contribution in [0.25, 0.3) is 0 Å². The third kappa shape index (κ3) is 2.22. The summed E-state index contributed by atoms with van der Waals surface area (Å²) in [6.45, 7) is 0. The zero-order valence-corrected chi connectivity index (χ0v) is 12.8. The molecule has 1 atom stereocenters. The zero-order valence-electron chi connectivity index (χ0n) is 12.0. The molecular weight excluding hydrogens is 296 g/mol. The van der Waals surface area contributed by atoms with Crippen LogP contribution in [0, 0.1) is 5.92 Å². The third-order valence-corrected chi connectivity index (χ3v) is 4.63. The van der Waals surface area contributed by atoms with Gasteiger partial charge in [0.2, 0.25) is 5.91 Å². The van der Waals surface area contributed by atoms with E-state index in [0.717, 1.165) is 24.2 Å². The van der Waals surface area contributed by atoms with Gasteiger partial charge in [0.15, 0.2) is 0 Å². The fourth-order valence-corrected chi connectivity index (χ4v) is 3.38. The molecule has 1 aliphatic carbocycles. The maximum Gasteiger partial charge on any atom is 0.248 e. The number of carbonyl (C=O) groups is 1. The molecule has 1 amide bonds. The number of nitrogens with zero attached hydrogens (tertiary/aromatic N) is 2. The number of carbonyl (C=O) groups excluding carboxylic acids is 1. The molecule has 1 heterocycles. The van der Waals surface area contributed by atoms with Crippen molar-refractivity contribution in [1.82, 2.24) is 0 Å². The Kier molecular flexibility index (Phi) is 3.23. The van der Waals surface area contributed by atoms with Crippen molar-refractivity contribution >= 4 is 28.9 Å². The first-order chi connectivity index (χ1) is 10.7. The van der Waals surface area contributed by atoms with Crippen LogP contribution in [0.4, 0.5) is 5.69 Å². The number of anilines is 1. The maximum absolute atomic E-state index is 12.4. The minimum absolute atomic E-state index is 0.0513. The molecule has 3 nitrogen and oxygen atoms in total. The summed E-state index contributed by atoms with van der Waals surface area (Å²) in [7, 11) is 0. The second-order valence-electron chi connectivity index (χ2n) is 5.76. The van der Waals surface area contributed by atoms with E-state index in [4.69, 9.17) is 11.6 Å². The van der Waals surface area contributed by atoms with Gasteiger partial charge < -0.3 is 0 Å². The highest BCUT2D eigenvalue weighted by atomic mass is 35.5. The smallest absolute Gasteiger partial charge is 0.248 e. The molecule has 4 rings (SSSR count). The monoisotopic (exact) mass is 310 g/mol. The number of amides is 1. The van der Waals surface area contributed by atoms with Crippen molar-refractivity contribution in [2.75, 3.05) is 5.01 Å². The zero-order chi connectivity index (χ0) is 15.1. The molecule has 0 radical (unpaired) electrons. The Bertz CT molecular complexity index is 767. The highest BCUT2D eigenvalue weighted by molar-refractivity contribution is 6.30. The number of benzene rings is 2. The van der Waals surface area contributed by atoms with E-state index < -0.39 is 0 Å². The summed E-state index contributed by atoms with van der Waals surface area (Å²) in [6.07, 6.45) is 2.54. The quantitative estimate of drug-likeness (QED) is 0.782. The van der Waals surface area contributed by atoms with Gasteiger partial charge in [0.25, 0.3) is 0 Å². The molecule has 0 saturated carbocycles. The molecule has 2 aromatic rings. The van der Waals surface area contributed by atoms with Crippen molar-refractivity contribution in [2.45, 2.75) is 19.3 Å². The van der Waals surface area contributed by atoms with Gasteiger partial charge in [0, 0.05) is 22.9 Å². The predicted molar refractivity (Wildman–Crippen MR) is 88.3 cm³/mol. The van der Waals surface area contributed by atoms with E-state index in [9.17, 15) is 4.79 Å². The molecule has 0 saturated heterocycles. The summed E-state index contributed by atoms with van der Waals surface area (Å²) in [4.78, 5) is 12.4. The van der Waals surface area contributed by atoms with E-state index in [2.05, 4.69) is 23.3 Å². The Balaban J connectivity index is 1.80. The lowest BCUT2D eigenvalue weighted by Crippen LogP contribution is -2.39. The van der Waals surface area contributed by atoms with Gasteiger partial charge >= 0.3 is 0 Å². The molecule has 0 fully saturated rings. The van der Waals surface area contributed by atoms with Crippen molar-refractivity contribution in [2.24, 2.45) is 11.0 Å². The van der Waals surface area contributed by atoms with Crippen LogP contribution in [0.15, 0.2) is 53.6 Å². The normalized spacial score (nSPS) is 20.2. The van der Waals surface area contributed by atoms with Gasteiger partial charge in [0.05, 0.1) is 11.4 Å². The standard InChI is InChI=1S/C18H15ClN2O/c19-14-7-9-15(10-8-14)21-17(22)11-13-6-5-12-3-1-2-4-16(12)18(13)20-21/h1-4,7-10,13H,5-6,11H2. The molecule has 110 valence electrons. The van der Waals surface area contributed by atoms with Gasteiger partial charge in [-0.15, -0.1) is 0 Å². The Morgan fingerprint density at radius 2 is 1.86 bits per heavy atom. The maximum atomic E-state index is 12.4. The Labute approximate surface area is 134 Å². The molecule has 22 heavy (non-hydrogen) atoms. The van der Waals surface area contributed by atoms with E-state index in [0.29, 0.717) is 11.4 Å². The van der Waals surface area contributed by atoms with E-state index in [1.165, 1.54) is 16.1 Å². The van der Waals surface area contributed by atoms with Crippen LogP contribution in [-0.4, -0.2) is 11.6 Å². The van der Waals surface area contributed by atoms with Gasteiger partial charge in [-0.2, -0.15) is 5.10 Å². The number of fused-ring (bicyclic) bond motifs is 3. The predicted octanol–water partition coefficient (Wildman–Crippen LogP) is 4.04. The van der Waals surface area contributed by atoms with Crippen molar-refractivity contribution < 1.29 is 4.79 Å². The topological polar surface area (TPSA) is 32.7 Å². The fourth-order valence-electron chi connectivity index (χ4n) is 3.25. The Morgan fingerprint density at radius 3 is 2.68 bits per heavy atom. The van der Waals surface area contributed by atoms with Gasteiger partial charge in [-0.1, -0.05) is 35.9 Å². The summed E-state index contributed by atoms with van der Waals surface area (Å²) < 4.78 is 0. The Morgan fingerprint density at radius 1 is 1.09 bits per heavy atom. The molecule has 0 spiro atoms. The summed E-state index contributed by atoms with van der Waals surface area (Å²) in [5.41, 5.74) is 4.31. The van der Waals surface area contributed by atoms with Crippen LogP contribution >= 0.6 is 11.6 Å². The van der Waals surface area contributed by atoms with Crippen molar-refractivity contribution in [3.63, 3.8) is 0 Å². The first kappa shape index (κ1) is 13.5. The average Bonchev–Trinajstić information content (AvgIpc) is 2.55. The number of halogens is 1. The number of rotatable bonds is 1. The molecule has 2 aliphatic rings. The largest absolute Gasteiger partial charge is 0.273 e. The van der Waals surface area contributed by atoms with E-state index in [1.807, 2.05) is 18.2 Å². The molecule has 0 bridgehead atoms. The fraction of sp³-hybridized carbons (Fsp3) is 0.222.